The molecule has 0 bridgehead atoms. The Morgan fingerprint density at radius 2 is 1.64 bits per heavy atom. The molecule has 1 aromatic carbocycles. The van der Waals surface area contributed by atoms with Crippen LogP contribution in [0.1, 0.15) is 55.8 Å². The van der Waals surface area contributed by atoms with Gasteiger partial charge in [-0.3, -0.25) is 0 Å². The molecule has 0 aliphatic heterocycles. The molecule has 0 fully saturated rings. The lowest BCUT2D eigenvalue weighted by molar-refractivity contribution is 0.0662. The van der Waals surface area contributed by atoms with Crippen molar-refractivity contribution in [2.45, 2.75) is 45.4 Å². The van der Waals surface area contributed by atoms with Crippen LogP contribution in [0.2, 0.25) is 0 Å². The molecule has 3 nitrogen and oxygen atoms in total. The van der Waals surface area contributed by atoms with Gasteiger partial charge in [0.1, 0.15) is 5.75 Å². The van der Waals surface area contributed by atoms with Crippen LogP contribution in [-0.2, 0) is 4.74 Å². The first-order chi connectivity index (χ1) is 10.8. The molecular weight excluding hydrogens is 276 g/mol. The highest BCUT2D eigenvalue weighted by molar-refractivity contribution is 5.89. The summed E-state index contributed by atoms with van der Waals surface area (Å²) < 4.78 is 10.1. The number of allylic oxidation sites excluding steroid dienone is 3. The Morgan fingerprint density at radius 3 is 2.23 bits per heavy atom. The first-order valence-corrected chi connectivity index (χ1v) is 7.89. The van der Waals surface area contributed by atoms with Crippen molar-refractivity contribution >= 4 is 5.97 Å². The van der Waals surface area contributed by atoms with E-state index in [-0.39, 0.29) is 5.97 Å². The SMILES string of the molecule is CC=CCCCCCCC=COC(=O)c1ccc(OC)cc1. The van der Waals surface area contributed by atoms with Gasteiger partial charge in [-0.15, -0.1) is 0 Å². The summed E-state index contributed by atoms with van der Waals surface area (Å²) in [6.07, 6.45) is 14.7. The van der Waals surface area contributed by atoms with Crippen molar-refractivity contribution in [3.05, 3.63) is 54.3 Å². The first kappa shape index (κ1) is 18.0. The van der Waals surface area contributed by atoms with Gasteiger partial charge in [0.15, 0.2) is 0 Å². The predicted octanol–water partition coefficient (Wildman–Crippen LogP) is 5.28. The number of unbranched alkanes of at least 4 members (excludes halogenated alkanes) is 5. The van der Waals surface area contributed by atoms with Gasteiger partial charge in [-0.1, -0.05) is 25.0 Å². The number of esters is 1. The predicted molar refractivity (Wildman–Crippen MR) is 90.1 cm³/mol. The Hall–Kier alpha value is -2.03. The number of carbonyl (C=O) groups is 1. The van der Waals surface area contributed by atoms with Crippen LogP contribution >= 0.6 is 0 Å². The number of carbonyl (C=O) groups excluding carboxylic acids is 1. The fourth-order valence-electron chi connectivity index (χ4n) is 2.02. The maximum Gasteiger partial charge on any atom is 0.342 e. The Morgan fingerprint density at radius 1 is 1.00 bits per heavy atom. The lowest BCUT2D eigenvalue weighted by Crippen LogP contribution is -2.00. The molecule has 0 aliphatic carbocycles. The van der Waals surface area contributed by atoms with Crippen molar-refractivity contribution in [3.63, 3.8) is 0 Å². The zero-order chi connectivity index (χ0) is 16.0. The topological polar surface area (TPSA) is 35.5 Å². The zero-order valence-corrected chi connectivity index (χ0v) is 13.6. The second kappa shape index (κ2) is 11.6. The van der Waals surface area contributed by atoms with Crippen LogP contribution < -0.4 is 4.74 Å². The van der Waals surface area contributed by atoms with E-state index in [9.17, 15) is 4.79 Å². The lowest BCUT2D eigenvalue weighted by atomic mass is 10.1. The van der Waals surface area contributed by atoms with E-state index in [1.54, 1.807) is 31.4 Å². The minimum Gasteiger partial charge on any atom is -0.497 e. The highest BCUT2D eigenvalue weighted by Gasteiger charge is 2.04. The van der Waals surface area contributed by atoms with Crippen LogP contribution in [0.3, 0.4) is 0 Å². The number of ether oxygens (including phenoxy) is 2. The average Bonchev–Trinajstić information content (AvgIpc) is 2.56. The van der Waals surface area contributed by atoms with Crippen LogP contribution in [0, 0.1) is 0 Å². The van der Waals surface area contributed by atoms with Crippen LogP contribution in [-0.4, -0.2) is 13.1 Å². The fourth-order valence-corrected chi connectivity index (χ4v) is 2.02. The number of rotatable bonds is 10. The Balaban J connectivity index is 2.12. The molecule has 120 valence electrons. The molecule has 3 heteroatoms. The quantitative estimate of drug-likeness (QED) is 0.255. The van der Waals surface area contributed by atoms with Gasteiger partial charge in [0.25, 0.3) is 0 Å². The largest absolute Gasteiger partial charge is 0.497 e. The maximum atomic E-state index is 11.8. The molecule has 0 saturated carbocycles. The number of hydrogen-bond donors (Lipinski definition) is 0. The van der Waals surface area contributed by atoms with Crippen molar-refractivity contribution in [3.8, 4) is 5.75 Å². The molecule has 0 heterocycles. The molecule has 0 saturated heterocycles. The minimum absolute atomic E-state index is 0.342. The lowest BCUT2D eigenvalue weighted by Gasteiger charge is -2.01. The molecule has 0 radical (unpaired) electrons. The Bertz CT molecular complexity index is 472. The summed E-state index contributed by atoms with van der Waals surface area (Å²) in [7, 11) is 1.59. The summed E-state index contributed by atoms with van der Waals surface area (Å²) in [4.78, 5) is 11.8. The van der Waals surface area contributed by atoms with E-state index in [0.717, 1.165) is 18.6 Å². The number of methoxy groups -OCH3 is 1. The molecule has 0 atom stereocenters. The summed E-state index contributed by atoms with van der Waals surface area (Å²) in [5.41, 5.74) is 0.523. The summed E-state index contributed by atoms with van der Waals surface area (Å²) in [5.74, 6) is 0.381. The first-order valence-electron chi connectivity index (χ1n) is 7.89. The molecule has 0 spiro atoms. The van der Waals surface area contributed by atoms with E-state index in [1.807, 2.05) is 6.08 Å². The van der Waals surface area contributed by atoms with Gasteiger partial charge in [0.05, 0.1) is 18.9 Å². The van der Waals surface area contributed by atoms with Crippen LogP contribution in [0.4, 0.5) is 0 Å². The van der Waals surface area contributed by atoms with E-state index in [4.69, 9.17) is 9.47 Å². The summed E-state index contributed by atoms with van der Waals surface area (Å²) in [5, 5.41) is 0. The molecule has 22 heavy (non-hydrogen) atoms. The monoisotopic (exact) mass is 302 g/mol. The highest BCUT2D eigenvalue weighted by Crippen LogP contribution is 2.12. The fraction of sp³-hybridized carbons (Fsp3) is 0.421. The van der Waals surface area contributed by atoms with Crippen molar-refractivity contribution in [1.29, 1.82) is 0 Å². The highest BCUT2D eigenvalue weighted by atomic mass is 16.5. The molecule has 0 amide bonds. The van der Waals surface area contributed by atoms with Crippen molar-refractivity contribution in [2.75, 3.05) is 7.11 Å². The molecule has 0 aromatic heterocycles. The van der Waals surface area contributed by atoms with Crippen molar-refractivity contribution in [1.82, 2.24) is 0 Å². The summed E-state index contributed by atoms with van der Waals surface area (Å²) in [6.45, 7) is 2.05. The second-order valence-corrected chi connectivity index (χ2v) is 5.07. The standard InChI is InChI=1S/C19H26O3/c1-3-4-5-6-7-8-9-10-11-16-22-19(20)17-12-14-18(21-2)15-13-17/h3-4,11-16H,5-10H2,1-2H3. The van der Waals surface area contributed by atoms with Gasteiger partial charge in [-0.25, -0.2) is 4.79 Å². The molecule has 0 N–H and O–H groups in total. The molecule has 1 rings (SSSR count). The smallest absolute Gasteiger partial charge is 0.342 e. The van der Waals surface area contributed by atoms with E-state index in [2.05, 4.69) is 19.1 Å². The number of hydrogen-bond acceptors (Lipinski definition) is 3. The van der Waals surface area contributed by atoms with Gasteiger partial charge in [0, 0.05) is 0 Å². The van der Waals surface area contributed by atoms with Crippen LogP contribution in [0.5, 0.6) is 5.75 Å². The van der Waals surface area contributed by atoms with E-state index >= 15 is 0 Å². The van der Waals surface area contributed by atoms with Gasteiger partial charge in [-0.05, 0) is 62.9 Å². The third kappa shape index (κ3) is 7.67. The molecule has 0 aliphatic rings. The normalized spacial score (nSPS) is 11.2. The van der Waals surface area contributed by atoms with Crippen molar-refractivity contribution in [2.24, 2.45) is 0 Å². The zero-order valence-electron chi connectivity index (χ0n) is 13.6. The maximum absolute atomic E-state index is 11.8. The summed E-state index contributed by atoms with van der Waals surface area (Å²) >= 11 is 0. The third-order valence-corrected chi connectivity index (χ3v) is 3.32. The Labute approximate surface area is 133 Å². The van der Waals surface area contributed by atoms with Gasteiger partial charge >= 0.3 is 5.97 Å². The van der Waals surface area contributed by atoms with Crippen LogP contribution in [0.25, 0.3) is 0 Å². The van der Waals surface area contributed by atoms with Gasteiger partial charge in [0.2, 0.25) is 0 Å². The Kier molecular flexibility index (Phi) is 9.51. The molecule has 0 unspecified atom stereocenters. The average molecular weight is 302 g/mol. The number of benzene rings is 1. The minimum atomic E-state index is -0.342. The van der Waals surface area contributed by atoms with Gasteiger partial charge < -0.3 is 9.47 Å². The molecule has 1 aromatic rings. The van der Waals surface area contributed by atoms with E-state index in [0.29, 0.717) is 5.56 Å². The van der Waals surface area contributed by atoms with E-state index in [1.165, 1.54) is 31.9 Å². The van der Waals surface area contributed by atoms with Gasteiger partial charge in [-0.2, -0.15) is 0 Å². The third-order valence-electron chi connectivity index (χ3n) is 3.32. The molecular formula is C19H26O3. The van der Waals surface area contributed by atoms with Crippen LogP contribution in [0.15, 0.2) is 48.8 Å². The second-order valence-electron chi connectivity index (χ2n) is 5.07. The van der Waals surface area contributed by atoms with E-state index < -0.39 is 0 Å². The summed E-state index contributed by atoms with van der Waals surface area (Å²) in [6, 6.07) is 6.88. The van der Waals surface area contributed by atoms with Crippen molar-refractivity contribution < 1.29 is 14.3 Å².